The van der Waals surface area contributed by atoms with Crippen molar-refractivity contribution in [1.29, 1.82) is 0 Å². The number of H-pyrrole nitrogens is 1. The molecule has 96 valence electrons. The van der Waals surface area contributed by atoms with E-state index in [4.69, 9.17) is 4.74 Å². The second kappa shape index (κ2) is 6.00. The Balaban J connectivity index is 1.95. The minimum atomic E-state index is -0.106. The lowest BCUT2D eigenvalue weighted by Crippen LogP contribution is -2.30. The van der Waals surface area contributed by atoms with E-state index in [9.17, 15) is 4.79 Å². The van der Waals surface area contributed by atoms with E-state index in [1.165, 1.54) is 11.1 Å². The number of ether oxygens (including phenoxy) is 1. The molecule has 1 atom stereocenters. The van der Waals surface area contributed by atoms with Gasteiger partial charge in [-0.1, -0.05) is 13.3 Å². The lowest BCUT2D eigenvalue weighted by Gasteiger charge is -2.21. The number of rotatable bonds is 5. The van der Waals surface area contributed by atoms with E-state index in [-0.39, 0.29) is 11.8 Å². The first-order chi connectivity index (χ1) is 8.29. The van der Waals surface area contributed by atoms with Gasteiger partial charge in [-0.2, -0.15) is 5.10 Å². The zero-order valence-electron chi connectivity index (χ0n) is 10.4. The number of nitrogens with one attached hydrogen (secondary N) is 1. The van der Waals surface area contributed by atoms with Gasteiger partial charge in [0.15, 0.2) is 0 Å². The second-order valence-electron chi connectivity index (χ2n) is 4.65. The fourth-order valence-electron chi connectivity index (χ4n) is 2.13. The van der Waals surface area contributed by atoms with Gasteiger partial charge in [0.2, 0.25) is 0 Å². The van der Waals surface area contributed by atoms with Crippen LogP contribution in [0.1, 0.15) is 44.9 Å². The Kier molecular flexibility index (Phi) is 4.36. The Morgan fingerprint density at radius 3 is 3.12 bits per heavy atom. The van der Waals surface area contributed by atoms with Crippen molar-refractivity contribution in [2.24, 2.45) is 0 Å². The smallest absolute Gasteiger partial charge is 0.343 e. The monoisotopic (exact) mass is 239 g/mol. The third kappa shape index (κ3) is 3.43. The Morgan fingerprint density at radius 1 is 1.53 bits per heavy atom. The van der Waals surface area contributed by atoms with Crippen molar-refractivity contribution in [2.75, 3.05) is 6.61 Å². The molecule has 5 heteroatoms. The van der Waals surface area contributed by atoms with Crippen LogP contribution in [0.25, 0.3) is 0 Å². The molecule has 1 unspecified atom stereocenters. The van der Waals surface area contributed by atoms with Crippen LogP contribution in [0.3, 0.4) is 0 Å². The van der Waals surface area contributed by atoms with Gasteiger partial charge in [-0.25, -0.2) is 9.48 Å². The van der Waals surface area contributed by atoms with E-state index in [1.54, 1.807) is 0 Å². The standard InChI is InChI=1S/C12H21N3O2/c1-2-3-7-11-13-12(16)15(14-11)9-10-6-4-5-8-17-10/h10H,2-9H2,1H3,(H,13,14,16). The highest BCUT2D eigenvalue weighted by Gasteiger charge is 2.16. The highest BCUT2D eigenvalue weighted by molar-refractivity contribution is 4.83. The molecule has 0 amide bonds. The number of unbranched alkanes of at least 4 members (excludes halogenated alkanes) is 1. The highest BCUT2D eigenvalue weighted by Crippen LogP contribution is 2.13. The average Bonchev–Trinajstić information content (AvgIpc) is 2.69. The predicted molar refractivity (Wildman–Crippen MR) is 65.1 cm³/mol. The number of nitrogens with zero attached hydrogens (tertiary/aromatic N) is 2. The van der Waals surface area contributed by atoms with E-state index in [0.717, 1.165) is 44.5 Å². The number of aromatic nitrogens is 3. The molecule has 2 heterocycles. The lowest BCUT2D eigenvalue weighted by molar-refractivity contribution is 0.00332. The molecule has 1 aliphatic heterocycles. The van der Waals surface area contributed by atoms with Crippen molar-refractivity contribution in [3.05, 3.63) is 16.3 Å². The molecule has 5 nitrogen and oxygen atoms in total. The van der Waals surface area contributed by atoms with Crippen molar-refractivity contribution in [3.63, 3.8) is 0 Å². The molecule has 1 aliphatic rings. The molecule has 1 aromatic heterocycles. The van der Waals surface area contributed by atoms with Crippen LogP contribution in [0.4, 0.5) is 0 Å². The number of aromatic amines is 1. The van der Waals surface area contributed by atoms with Gasteiger partial charge >= 0.3 is 5.69 Å². The summed E-state index contributed by atoms with van der Waals surface area (Å²) in [7, 11) is 0. The van der Waals surface area contributed by atoms with E-state index in [1.807, 2.05) is 0 Å². The minimum Gasteiger partial charge on any atom is -0.376 e. The van der Waals surface area contributed by atoms with E-state index >= 15 is 0 Å². The van der Waals surface area contributed by atoms with Crippen LogP contribution in [0, 0.1) is 0 Å². The molecule has 17 heavy (non-hydrogen) atoms. The molecule has 1 aromatic rings. The van der Waals surface area contributed by atoms with Crippen LogP contribution in [-0.4, -0.2) is 27.5 Å². The fourth-order valence-corrected chi connectivity index (χ4v) is 2.13. The number of hydrogen-bond acceptors (Lipinski definition) is 3. The molecular formula is C12H21N3O2. The van der Waals surface area contributed by atoms with Gasteiger partial charge < -0.3 is 4.74 Å². The SMILES string of the molecule is CCCCc1nn(CC2CCCCO2)c(=O)[nH]1. The summed E-state index contributed by atoms with van der Waals surface area (Å²) in [6, 6.07) is 0. The fraction of sp³-hybridized carbons (Fsp3) is 0.833. The van der Waals surface area contributed by atoms with Crippen molar-refractivity contribution in [1.82, 2.24) is 14.8 Å². The number of aryl methyl sites for hydroxylation is 1. The first kappa shape index (κ1) is 12.4. The zero-order valence-corrected chi connectivity index (χ0v) is 10.4. The van der Waals surface area contributed by atoms with Crippen LogP contribution < -0.4 is 5.69 Å². The molecule has 0 bridgehead atoms. The van der Waals surface area contributed by atoms with Crippen LogP contribution in [0.2, 0.25) is 0 Å². The van der Waals surface area contributed by atoms with E-state index in [0.29, 0.717) is 6.54 Å². The van der Waals surface area contributed by atoms with Crippen LogP contribution in [-0.2, 0) is 17.7 Å². The normalized spacial score (nSPS) is 20.6. The predicted octanol–water partition coefficient (Wildman–Crippen LogP) is 1.48. The highest BCUT2D eigenvalue weighted by atomic mass is 16.5. The van der Waals surface area contributed by atoms with E-state index < -0.39 is 0 Å². The summed E-state index contributed by atoms with van der Waals surface area (Å²) >= 11 is 0. The molecule has 1 N–H and O–H groups in total. The summed E-state index contributed by atoms with van der Waals surface area (Å²) in [4.78, 5) is 14.5. The Morgan fingerprint density at radius 2 is 2.41 bits per heavy atom. The maximum absolute atomic E-state index is 11.7. The minimum absolute atomic E-state index is 0.106. The second-order valence-corrected chi connectivity index (χ2v) is 4.65. The Bertz CT molecular complexity index is 391. The average molecular weight is 239 g/mol. The zero-order chi connectivity index (χ0) is 12.1. The summed E-state index contributed by atoms with van der Waals surface area (Å²) < 4.78 is 7.13. The third-order valence-corrected chi connectivity index (χ3v) is 3.14. The maximum Gasteiger partial charge on any atom is 0.343 e. The first-order valence-corrected chi connectivity index (χ1v) is 6.57. The third-order valence-electron chi connectivity index (χ3n) is 3.14. The number of hydrogen-bond donors (Lipinski definition) is 1. The Labute approximate surface area is 101 Å². The van der Waals surface area contributed by atoms with Crippen LogP contribution in [0.15, 0.2) is 4.79 Å². The van der Waals surface area contributed by atoms with E-state index in [2.05, 4.69) is 17.0 Å². The summed E-state index contributed by atoms with van der Waals surface area (Å²) in [5, 5.41) is 4.31. The van der Waals surface area contributed by atoms with Crippen molar-refractivity contribution in [3.8, 4) is 0 Å². The molecule has 0 radical (unpaired) electrons. The summed E-state index contributed by atoms with van der Waals surface area (Å²) in [6.45, 7) is 3.53. The summed E-state index contributed by atoms with van der Waals surface area (Å²) in [5.41, 5.74) is -0.106. The van der Waals surface area contributed by atoms with Gasteiger partial charge in [0.1, 0.15) is 5.82 Å². The molecule has 0 spiro atoms. The summed E-state index contributed by atoms with van der Waals surface area (Å²) in [6.07, 6.45) is 6.53. The molecule has 0 aliphatic carbocycles. The largest absolute Gasteiger partial charge is 0.376 e. The molecule has 2 rings (SSSR count). The van der Waals surface area contributed by atoms with Crippen LogP contribution >= 0.6 is 0 Å². The molecule has 1 fully saturated rings. The van der Waals surface area contributed by atoms with Crippen molar-refractivity contribution >= 4 is 0 Å². The van der Waals surface area contributed by atoms with Crippen molar-refractivity contribution < 1.29 is 4.74 Å². The molecular weight excluding hydrogens is 218 g/mol. The van der Waals surface area contributed by atoms with Crippen LogP contribution in [0.5, 0.6) is 0 Å². The summed E-state index contributed by atoms with van der Waals surface area (Å²) in [5.74, 6) is 0.799. The molecule has 0 saturated carbocycles. The first-order valence-electron chi connectivity index (χ1n) is 6.57. The van der Waals surface area contributed by atoms with Crippen molar-refractivity contribution in [2.45, 2.75) is 58.1 Å². The van der Waals surface area contributed by atoms with Gasteiger partial charge in [0.05, 0.1) is 12.6 Å². The molecule has 1 saturated heterocycles. The lowest BCUT2D eigenvalue weighted by atomic mass is 10.1. The van der Waals surface area contributed by atoms with Gasteiger partial charge in [-0.05, 0) is 25.7 Å². The Hall–Kier alpha value is -1.10. The van der Waals surface area contributed by atoms with Gasteiger partial charge in [-0.15, -0.1) is 0 Å². The molecule has 0 aromatic carbocycles. The topological polar surface area (TPSA) is 59.9 Å². The quantitative estimate of drug-likeness (QED) is 0.846. The maximum atomic E-state index is 11.7. The van der Waals surface area contributed by atoms with Gasteiger partial charge in [-0.3, -0.25) is 4.98 Å². The van der Waals surface area contributed by atoms with Gasteiger partial charge in [0.25, 0.3) is 0 Å². The van der Waals surface area contributed by atoms with Gasteiger partial charge in [0, 0.05) is 13.0 Å².